The van der Waals surface area contributed by atoms with Gasteiger partial charge in [-0.1, -0.05) is 0 Å². The molecular weight excluding hydrogens is 132 g/mol. The van der Waals surface area contributed by atoms with Gasteiger partial charge in [-0.05, 0) is 17.4 Å². The highest BCUT2D eigenvalue weighted by molar-refractivity contribution is 5.27. The normalized spacial score (nSPS) is 10.6. The third-order valence-electron chi connectivity index (χ3n) is 0.892. The molecule has 6 nitrogen and oxygen atoms in total. The second-order valence-corrected chi connectivity index (χ2v) is 1.59. The summed E-state index contributed by atoms with van der Waals surface area (Å²) in [6.07, 6.45) is 0. The molecule has 0 bridgehead atoms. The summed E-state index contributed by atoms with van der Waals surface area (Å²) >= 11 is 0. The molecule has 6 heteroatoms. The number of nitrogens with zero attached hydrogens (tertiary/aromatic N) is 6. The summed E-state index contributed by atoms with van der Waals surface area (Å²) in [7, 11) is 1.56. The minimum atomic E-state index is 0.414. The summed E-state index contributed by atoms with van der Waals surface area (Å²) in [5.41, 5.74) is 0.626. The SMILES string of the molecule is C/N=N\c1nnnnc1C. The Bertz CT molecular complexity index is 243. The van der Waals surface area contributed by atoms with Gasteiger partial charge in [0.25, 0.3) is 0 Å². The van der Waals surface area contributed by atoms with Crippen LogP contribution in [0.4, 0.5) is 5.82 Å². The number of hydrogen-bond acceptors (Lipinski definition) is 6. The first-order chi connectivity index (χ1) is 4.84. The molecule has 0 spiro atoms. The lowest BCUT2D eigenvalue weighted by atomic mass is 10.5. The van der Waals surface area contributed by atoms with Gasteiger partial charge in [0.05, 0.1) is 0 Å². The second-order valence-electron chi connectivity index (χ2n) is 1.59. The van der Waals surface area contributed by atoms with Crippen LogP contribution in [0.2, 0.25) is 0 Å². The Morgan fingerprint density at radius 1 is 1.20 bits per heavy atom. The zero-order valence-corrected chi connectivity index (χ0v) is 5.68. The maximum Gasteiger partial charge on any atom is 0.220 e. The number of aromatic nitrogens is 4. The van der Waals surface area contributed by atoms with Crippen molar-refractivity contribution in [3.8, 4) is 0 Å². The first-order valence-electron chi connectivity index (χ1n) is 2.67. The lowest BCUT2D eigenvalue weighted by Crippen LogP contribution is -1.93. The molecule has 1 heterocycles. The first-order valence-corrected chi connectivity index (χ1v) is 2.67. The Morgan fingerprint density at radius 3 is 2.50 bits per heavy atom. The summed E-state index contributed by atoms with van der Waals surface area (Å²) in [6, 6.07) is 0. The van der Waals surface area contributed by atoms with E-state index in [4.69, 9.17) is 0 Å². The Morgan fingerprint density at radius 2 is 1.90 bits per heavy atom. The van der Waals surface area contributed by atoms with Crippen LogP contribution in [0, 0.1) is 6.92 Å². The van der Waals surface area contributed by atoms with Crippen LogP contribution in [-0.2, 0) is 0 Å². The number of azo groups is 1. The fourth-order valence-electron chi connectivity index (χ4n) is 0.454. The molecule has 1 aromatic rings. The number of aryl methyl sites for hydroxylation is 1. The smallest absolute Gasteiger partial charge is 0.190 e. The van der Waals surface area contributed by atoms with E-state index in [1.807, 2.05) is 0 Å². The second kappa shape index (κ2) is 2.90. The standard InChI is InChI=1S/C4H6N6/c1-3-4(7-5-2)8-10-9-6-3/h1-2H3/b7-5-. The van der Waals surface area contributed by atoms with Crippen LogP contribution in [0.5, 0.6) is 0 Å². The van der Waals surface area contributed by atoms with Gasteiger partial charge in [-0.15, -0.1) is 15.3 Å². The van der Waals surface area contributed by atoms with Gasteiger partial charge in [-0.25, -0.2) is 0 Å². The van der Waals surface area contributed by atoms with E-state index in [9.17, 15) is 0 Å². The Balaban J connectivity index is 3.03. The molecule has 0 amide bonds. The predicted octanol–water partition coefficient (Wildman–Crippen LogP) is 0.289. The Labute approximate surface area is 57.4 Å². The fraction of sp³-hybridized carbons (Fsp3) is 0.500. The van der Waals surface area contributed by atoms with Gasteiger partial charge in [0.2, 0.25) is 5.82 Å². The van der Waals surface area contributed by atoms with Gasteiger partial charge in [0.15, 0.2) is 0 Å². The third-order valence-corrected chi connectivity index (χ3v) is 0.892. The van der Waals surface area contributed by atoms with Crippen molar-refractivity contribution >= 4 is 5.82 Å². The molecule has 0 fully saturated rings. The van der Waals surface area contributed by atoms with Gasteiger partial charge in [0.1, 0.15) is 5.69 Å². The highest BCUT2D eigenvalue weighted by atomic mass is 15.4. The van der Waals surface area contributed by atoms with E-state index >= 15 is 0 Å². The summed E-state index contributed by atoms with van der Waals surface area (Å²) in [6.45, 7) is 1.74. The summed E-state index contributed by atoms with van der Waals surface area (Å²) in [5.74, 6) is 0.414. The van der Waals surface area contributed by atoms with Crippen LogP contribution in [0.25, 0.3) is 0 Å². The molecule has 0 atom stereocenters. The molecule has 0 aromatic carbocycles. The average molecular weight is 138 g/mol. The molecule has 0 saturated carbocycles. The summed E-state index contributed by atoms with van der Waals surface area (Å²) in [4.78, 5) is 0. The van der Waals surface area contributed by atoms with E-state index in [0.29, 0.717) is 11.5 Å². The number of hydrogen-bond donors (Lipinski definition) is 0. The molecule has 0 radical (unpaired) electrons. The summed E-state index contributed by atoms with van der Waals surface area (Å²) in [5, 5.41) is 21.0. The van der Waals surface area contributed by atoms with E-state index in [1.54, 1.807) is 14.0 Å². The summed E-state index contributed by atoms with van der Waals surface area (Å²) < 4.78 is 0. The van der Waals surface area contributed by atoms with Crippen molar-refractivity contribution in [3.63, 3.8) is 0 Å². The van der Waals surface area contributed by atoms with Crippen molar-refractivity contribution < 1.29 is 0 Å². The van der Waals surface area contributed by atoms with Gasteiger partial charge in [-0.2, -0.15) is 5.11 Å². The predicted molar refractivity (Wildman–Crippen MR) is 32.8 cm³/mol. The van der Waals surface area contributed by atoms with Crippen LogP contribution in [0.3, 0.4) is 0 Å². The van der Waals surface area contributed by atoms with E-state index < -0.39 is 0 Å². The fourth-order valence-corrected chi connectivity index (χ4v) is 0.454. The zero-order chi connectivity index (χ0) is 7.40. The Hall–Kier alpha value is -1.46. The molecule has 0 aliphatic heterocycles. The zero-order valence-electron chi connectivity index (χ0n) is 5.68. The number of rotatable bonds is 1. The van der Waals surface area contributed by atoms with Crippen molar-refractivity contribution in [1.29, 1.82) is 0 Å². The molecule has 0 saturated heterocycles. The van der Waals surface area contributed by atoms with E-state index in [1.165, 1.54) is 0 Å². The Kier molecular flexibility index (Phi) is 1.93. The van der Waals surface area contributed by atoms with Gasteiger partial charge < -0.3 is 0 Å². The maximum absolute atomic E-state index is 3.66. The van der Waals surface area contributed by atoms with Crippen LogP contribution >= 0.6 is 0 Å². The van der Waals surface area contributed by atoms with E-state index in [2.05, 4.69) is 30.9 Å². The van der Waals surface area contributed by atoms with Gasteiger partial charge in [0, 0.05) is 7.05 Å². The topological polar surface area (TPSA) is 76.3 Å². The van der Waals surface area contributed by atoms with Gasteiger partial charge >= 0.3 is 0 Å². The molecule has 0 aliphatic rings. The molecule has 52 valence electrons. The highest BCUT2D eigenvalue weighted by Crippen LogP contribution is 2.07. The van der Waals surface area contributed by atoms with Crippen molar-refractivity contribution in [2.75, 3.05) is 7.05 Å². The monoisotopic (exact) mass is 138 g/mol. The van der Waals surface area contributed by atoms with Crippen molar-refractivity contribution in [3.05, 3.63) is 5.69 Å². The lowest BCUT2D eigenvalue weighted by Gasteiger charge is -1.88. The van der Waals surface area contributed by atoms with E-state index in [-0.39, 0.29) is 0 Å². The lowest BCUT2D eigenvalue weighted by molar-refractivity contribution is 0.739. The van der Waals surface area contributed by atoms with Crippen molar-refractivity contribution in [1.82, 2.24) is 20.6 Å². The quantitative estimate of drug-likeness (QED) is 0.522. The molecule has 10 heavy (non-hydrogen) atoms. The van der Waals surface area contributed by atoms with Crippen LogP contribution in [-0.4, -0.2) is 27.7 Å². The minimum Gasteiger partial charge on any atom is -0.190 e. The molecule has 1 aromatic heterocycles. The van der Waals surface area contributed by atoms with E-state index in [0.717, 1.165) is 0 Å². The largest absolute Gasteiger partial charge is 0.220 e. The van der Waals surface area contributed by atoms with Crippen molar-refractivity contribution in [2.24, 2.45) is 10.2 Å². The molecule has 0 N–H and O–H groups in total. The van der Waals surface area contributed by atoms with Crippen LogP contribution in [0.15, 0.2) is 10.2 Å². The first kappa shape index (κ1) is 6.66. The van der Waals surface area contributed by atoms with Crippen molar-refractivity contribution in [2.45, 2.75) is 6.92 Å². The van der Waals surface area contributed by atoms with Gasteiger partial charge in [-0.3, -0.25) is 0 Å². The molecule has 0 unspecified atom stereocenters. The average Bonchev–Trinajstić information content (AvgIpc) is 1.94. The maximum atomic E-state index is 3.66. The van der Waals surface area contributed by atoms with Crippen LogP contribution in [0.1, 0.15) is 5.69 Å². The minimum absolute atomic E-state index is 0.414. The van der Waals surface area contributed by atoms with Crippen LogP contribution < -0.4 is 0 Å². The molecule has 1 rings (SSSR count). The molecular formula is C4H6N6. The third kappa shape index (κ3) is 1.28. The highest BCUT2D eigenvalue weighted by Gasteiger charge is 1.97. The molecule has 0 aliphatic carbocycles.